The highest BCUT2D eigenvalue weighted by Gasteiger charge is 2.50. The Kier molecular flexibility index (Phi) is 2.75. The van der Waals surface area contributed by atoms with E-state index in [-0.39, 0.29) is 17.5 Å². The Morgan fingerprint density at radius 2 is 1.89 bits per heavy atom. The monoisotopic (exact) mass is 265 g/mol. The zero-order valence-electron chi connectivity index (χ0n) is 9.95. The van der Waals surface area contributed by atoms with Crippen molar-refractivity contribution in [2.45, 2.75) is 11.8 Å². The minimum absolute atomic E-state index is 0.0434. The topological polar surface area (TPSA) is 54.5 Å². The van der Waals surface area contributed by atoms with Gasteiger partial charge in [-0.05, 0) is 5.56 Å². The predicted octanol–water partition coefficient (Wildman–Crippen LogP) is 0.485. The lowest BCUT2D eigenvalue weighted by atomic mass is 9.98. The van der Waals surface area contributed by atoms with Crippen molar-refractivity contribution in [1.29, 1.82) is 0 Å². The minimum atomic E-state index is -3.19. The molecule has 0 unspecified atom stereocenters. The van der Waals surface area contributed by atoms with Crippen LogP contribution in [0.3, 0.4) is 0 Å². The van der Waals surface area contributed by atoms with Gasteiger partial charge in [0.1, 0.15) is 5.25 Å². The Bertz CT molecular complexity index is 567. The van der Waals surface area contributed by atoms with Crippen LogP contribution in [-0.2, 0) is 21.2 Å². The molecule has 0 saturated carbocycles. The van der Waals surface area contributed by atoms with Gasteiger partial charge in [0.05, 0.1) is 5.75 Å². The molecule has 2 saturated heterocycles. The van der Waals surface area contributed by atoms with Gasteiger partial charge in [-0.25, -0.2) is 8.42 Å². The van der Waals surface area contributed by atoms with Crippen molar-refractivity contribution in [3.63, 3.8) is 0 Å². The molecule has 96 valence electrons. The summed E-state index contributed by atoms with van der Waals surface area (Å²) in [4.78, 5) is 13.9. The van der Waals surface area contributed by atoms with E-state index < -0.39 is 15.1 Å². The number of rotatable bonds is 2. The summed E-state index contributed by atoms with van der Waals surface area (Å²) in [5, 5.41) is -0.778. The first kappa shape index (κ1) is 11.9. The third-order valence-corrected chi connectivity index (χ3v) is 5.85. The van der Waals surface area contributed by atoms with Crippen molar-refractivity contribution < 1.29 is 13.2 Å². The van der Waals surface area contributed by atoms with Crippen molar-refractivity contribution in [3.8, 4) is 0 Å². The fourth-order valence-corrected chi connectivity index (χ4v) is 4.90. The van der Waals surface area contributed by atoms with Crippen molar-refractivity contribution in [3.05, 3.63) is 35.9 Å². The van der Waals surface area contributed by atoms with Crippen LogP contribution >= 0.6 is 0 Å². The van der Waals surface area contributed by atoms with E-state index in [0.717, 1.165) is 12.1 Å². The molecule has 18 heavy (non-hydrogen) atoms. The number of ketones is 1. The Labute approximate surface area is 107 Å². The van der Waals surface area contributed by atoms with Gasteiger partial charge in [0.2, 0.25) is 0 Å². The summed E-state index contributed by atoms with van der Waals surface area (Å²) in [5.41, 5.74) is 1.16. The van der Waals surface area contributed by atoms with E-state index in [1.807, 2.05) is 30.3 Å². The number of Topliss-reactive ketones (excluding diaryl/α,β-unsaturated/α-hetero) is 1. The van der Waals surface area contributed by atoms with Crippen molar-refractivity contribution in [1.82, 2.24) is 4.90 Å². The second-order valence-corrected chi connectivity index (χ2v) is 7.33. The second kappa shape index (κ2) is 4.17. The number of carbonyl (C=O) groups excluding carboxylic acids is 1. The molecule has 2 bridgehead atoms. The molecule has 3 rings (SSSR count). The van der Waals surface area contributed by atoms with Gasteiger partial charge in [0.15, 0.2) is 15.6 Å². The quantitative estimate of drug-likeness (QED) is 0.780. The number of fused-ring (bicyclic) bond motifs is 2. The molecular formula is C13H15NO3S. The molecule has 0 amide bonds. The molecule has 4 nitrogen and oxygen atoms in total. The first-order chi connectivity index (χ1) is 8.56. The number of carbonyl (C=O) groups is 1. The molecule has 0 radical (unpaired) electrons. The number of piperidine rings is 1. The van der Waals surface area contributed by atoms with E-state index in [0.29, 0.717) is 13.1 Å². The number of sulfone groups is 1. The van der Waals surface area contributed by atoms with Crippen LogP contribution in [0.5, 0.6) is 0 Å². The van der Waals surface area contributed by atoms with Crippen LogP contribution in [0.15, 0.2) is 30.3 Å². The van der Waals surface area contributed by atoms with Crippen LogP contribution in [-0.4, -0.2) is 43.2 Å². The Morgan fingerprint density at radius 3 is 2.56 bits per heavy atom. The first-order valence-electron chi connectivity index (χ1n) is 6.08. The lowest BCUT2D eigenvalue weighted by molar-refractivity contribution is -0.124. The number of hydrogen-bond donors (Lipinski definition) is 0. The standard InChI is InChI=1S/C13H15NO3S/c15-13-11-7-14(6-10-4-2-1-3-5-10)8-12(13)18(16,17)9-11/h1-5,11-12H,6-9H2/t11-,12+/m1/s1. The Morgan fingerprint density at radius 1 is 1.17 bits per heavy atom. The molecule has 1 aromatic rings. The van der Waals surface area contributed by atoms with Gasteiger partial charge in [-0.15, -0.1) is 0 Å². The summed E-state index contributed by atoms with van der Waals surface area (Å²) in [6.07, 6.45) is 0. The van der Waals surface area contributed by atoms with Crippen LogP contribution in [0, 0.1) is 5.92 Å². The molecule has 0 aliphatic carbocycles. The normalized spacial score (nSPS) is 30.6. The van der Waals surface area contributed by atoms with E-state index in [2.05, 4.69) is 4.90 Å². The summed E-state index contributed by atoms with van der Waals surface area (Å²) in [6, 6.07) is 9.93. The number of likely N-dealkylation sites (tertiary alicyclic amines) is 1. The molecule has 1 aromatic carbocycles. The third kappa shape index (κ3) is 1.97. The highest BCUT2D eigenvalue weighted by Crippen LogP contribution is 2.29. The fraction of sp³-hybridized carbons (Fsp3) is 0.462. The molecule has 0 spiro atoms. The molecule has 0 aromatic heterocycles. The maximum atomic E-state index is 11.8. The Balaban J connectivity index is 1.78. The van der Waals surface area contributed by atoms with E-state index in [4.69, 9.17) is 0 Å². The summed E-state index contributed by atoms with van der Waals surface area (Å²) < 4.78 is 23.6. The molecule has 2 aliphatic heterocycles. The average Bonchev–Trinajstić information content (AvgIpc) is 2.47. The molecule has 0 N–H and O–H groups in total. The van der Waals surface area contributed by atoms with E-state index >= 15 is 0 Å². The highest BCUT2D eigenvalue weighted by atomic mass is 32.2. The summed E-state index contributed by atoms with van der Waals surface area (Å²) in [5.74, 6) is -0.335. The van der Waals surface area contributed by atoms with Crippen molar-refractivity contribution in [2.75, 3.05) is 18.8 Å². The summed E-state index contributed by atoms with van der Waals surface area (Å²) in [6.45, 7) is 1.65. The van der Waals surface area contributed by atoms with E-state index in [1.54, 1.807) is 0 Å². The SMILES string of the molecule is O=C1[C@@H]2CN(Cc3ccccc3)C[C@@H]1S(=O)(=O)C2. The van der Waals surface area contributed by atoms with Gasteiger partial charge in [-0.1, -0.05) is 30.3 Å². The van der Waals surface area contributed by atoms with Gasteiger partial charge in [0.25, 0.3) is 0 Å². The fourth-order valence-electron chi connectivity index (χ4n) is 2.86. The lowest BCUT2D eigenvalue weighted by Gasteiger charge is -2.29. The minimum Gasteiger partial charge on any atom is -0.298 e. The van der Waals surface area contributed by atoms with E-state index in [1.165, 1.54) is 0 Å². The smallest absolute Gasteiger partial charge is 0.162 e. The Hall–Kier alpha value is -1.20. The zero-order valence-corrected chi connectivity index (χ0v) is 10.8. The molecule has 2 aliphatic rings. The third-order valence-electron chi connectivity index (χ3n) is 3.74. The maximum Gasteiger partial charge on any atom is 0.162 e. The van der Waals surface area contributed by atoms with Gasteiger partial charge < -0.3 is 0 Å². The maximum absolute atomic E-state index is 11.8. The largest absolute Gasteiger partial charge is 0.298 e. The summed E-state index contributed by atoms with van der Waals surface area (Å²) in [7, 11) is -3.19. The van der Waals surface area contributed by atoms with Crippen LogP contribution < -0.4 is 0 Å². The van der Waals surface area contributed by atoms with Crippen LogP contribution in [0.25, 0.3) is 0 Å². The number of benzene rings is 1. The number of nitrogens with zero attached hydrogens (tertiary/aromatic N) is 1. The average molecular weight is 265 g/mol. The molecule has 2 heterocycles. The first-order valence-corrected chi connectivity index (χ1v) is 7.79. The molecule has 2 atom stereocenters. The van der Waals surface area contributed by atoms with Crippen LogP contribution in [0.2, 0.25) is 0 Å². The molecule has 2 fully saturated rings. The number of hydrogen-bond acceptors (Lipinski definition) is 4. The van der Waals surface area contributed by atoms with Crippen LogP contribution in [0.1, 0.15) is 5.56 Å². The van der Waals surface area contributed by atoms with Gasteiger partial charge in [0, 0.05) is 25.6 Å². The van der Waals surface area contributed by atoms with Gasteiger partial charge in [-0.3, -0.25) is 9.69 Å². The van der Waals surface area contributed by atoms with Crippen LogP contribution in [0.4, 0.5) is 0 Å². The lowest BCUT2D eigenvalue weighted by Crippen LogP contribution is -2.45. The van der Waals surface area contributed by atoms with Crippen molar-refractivity contribution in [2.24, 2.45) is 5.92 Å². The van der Waals surface area contributed by atoms with Crippen molar-refractivity contribution >= 4 is 15.6 Å². The van der Waals surface area contributed by atoms with E-state index in [9.17, 15) is 13.2 Å². The summed E-state index contributed by atoms with van der Waals surface area (Å²) >= 11 is 0. The van der Waals surface area contributed by atoms with Gasteiger partial charge in [-0.2, -0.15) is 0 Å². The second-order valence-electron chi connectivity index (χ2n) is 5.10. The molecule has 5 heteroatoms. The predicted molar refractivity (Wildman–Crippen MR) is 67.8 cm³/mol. The van der Waals surface area contributed by atoms with Gasteiger partial charge >= 0.3 is 0 Å². The zero-order chi connectivity index (χ0) is 12.8. The molecular weight excluding hydrogens is 250 g/mol. The highest BCUT2D eigenvalue weighted by molar-refractivity contribution is 7.93.